The van der Waals surface area contributed by atoms with Crippen LogP contribution >= 0.6 is 0 Å². The van der Waals surface area contributed by atoms with Crippen LogP contribution in [0.15, 0.2) is 47.5 Å². The second kappa shape index (κ2) is 7.18. The van der Waals surface area contributed by atoms with Crippen molar-refractivity contribution in [2.24, 2.45) is 0 Å². The molecule has 1 fully saturated rings. The summed E-state index contributed by atoms with van der Waals surface area (Å²) in [4.78, 5) is 0. The summed E-state index contributed by atoms with van der Waals surface area (Å²) in [6.45, 7) is 4.48. The normalized spacial score (nSPS) is 21.5. The van der Waals surface area contributed by atoms with Gasteiger partial charge in [0.1, 0.15) is 0 Å². The average Bonchev–Trinajstić information content (AvgIpc) is 2.99. The van der Waals surface area contributed by atoms with Crippen LogP contribution in [0.1, 0.15) is 53.6 Å². The van der Waals surface area contributed by atoms with Gasteiger partial charge in [-0.2, -0.15) is 0 Å². The van der Waals surface area contributed by atoms with Crippen LogP contribution in [0.2, 0.25) is 0 Å². The molecule has 3 heteroatoms. The molecule has 0 amide bonds. The Labute approximate surface area is 174 Å². The monoisotopic (exact) mass is 534 g/mol. The van der Waals surface area contributed by atoms with Gasteiger partial charge in [0, 0.05) is 0 Å². The Bertz CT molecular complexity index is 821. The zero-order chi connectivity index (χ0) is 15.6. The Balaban J connectivity index is 0.000000911. The van der Waals surface area contributed by atoms with Crippen LogP contribution in [-0.2, 0) is 22.9 Å². The van der Waals surface area contributed by atoms with E-state index in [0.717, 1.165) is 7.35 Å². The van der Waals surface area contributed by atoms with E-state index in [4.69, 9.17) is 0 Å². The minimum Gasteiger partial charge on any atom is -1.00 e. The first-order valence-electron chi connectivity index (χ1n) is 8.57. The molecule has 25 heavy (non-hydrogen) atoms. The summed E-state index contributed by atoms with van der Waals surface area (Å²) in [6, 6.07) is 14.2. The first kappa shape index (κ1) is 19.1. The first-order valence-corrected chi connectivity index (χ1v) is 12.7. The molecule has 0 nitrogen and oxygen atoms in total. The molecule has 0 bridgehead atoms. The van der Waals surface area contributed by atoms with Crippen LogP contribution in [0, 0.1) is 13.8 Å². The molecule has 2 aromatic rings. The number of allylic oxidation sites excluding steroid dienone is 2. The molecular formula is C22H20Cl2Hf. The van der Waals surface area contributed by atoms with Crippen LogP contribution in [0.5, 0.6) is 0 Å². The van der Waals surface area contributed by atoms with Crippen LogP contribution in [0.4, 0.5) is 0 Å². The van der Waals surface area contributed by atoms with Crippen molar-refractivity contribution in [1.29, 1.82) is 0 Å². The van der Waals surface area contributed by atoms with Crippen molar-refractivity contribution in [3.8, 4) is 0 Å². The summed E-state index contributed by atoms with van der Waals surface area (Å²) in [5.41, 5.74) is 12.7. The topological polar surface area (TPSA) is 0 Å². The van der Waals surface area contributed by atoms with E-state index in [0.29, 0.717) is 0 Å². The zero-order valence-electron chi connectivity index (χ0n) is 14.4. The quantitative estimate of drug-likeness (QED) is 0.411. The minimum atomic E-state index is -0.858. The van der Waals surface area contributed by atoms with Gasteiger partial charge in [-0.15, -0.1) is 0 Å². The summed E-state index contributed by atoms with van der Waals surface area (Å²) in [5, 5.41) is 0. The third kappa shape index (κ3) is 3.13. The number of rotatable bonds is 0. The Morgan fingerprint density at radius 3 is 1.60 bits per heavy atom. The molecule has 2 aliphatic carbocycles. The fourth-order valence-electron chi connectivity index (χ4n) is 4.40. The molecule has 1 saturated heterocycles. The maximum Gasteiger partial charge on any atom is -1.00 e. The smallest absolute Gasteiger partial charge is 1.00 e. The molecule has 0 radical (unpaired) electrons. The van der Waals surface area contributed by atoms with Crippen molar-refractivity contribution in [1.82, 2.24) is 0 Å². The van der Waals surface area contributed by atoms with Gasteiger partial charge in [-0.25, -0.2) is 0 Å². The van der Waals surface area contributed by atoms with E-state index in [9.17, 15) is 0 Å². The van der Waals surface area contributed by atoms with Gasteiger partial charge in [0.05, 0.1) is 0 Å². The Kier molecular flexibility index (Phi) is 5.49. The van der Waals surface area contributed by atoms with Gasteiger partial charge in [0.2, 0.25) is 0 Å². The van der Waals surface area contributed by atoms with Crippen molar-refractivity contribution in [2.45, 2.75) is 34.0 Å². The molecule has 5 rings (SSSR count). The molecule has 3 aliphatic rings. The van der Waals surface area contributed by atoms with Crippen LogP contribution in [0.3, 0.4) is 0 Å². The fraction of sp³-hybridized carbons (Fsp3) is 0.273. The SMILES string of the molecule is Cc1ccc2c(c1)[CH]1[Hf+2][CH]3C(=Cc4ccc(C)cc43)CCC1=C2.[Cl-].[Cl-]. The third-order valence-corrected chi connectivity index (χ3v) is 12.9. The van der Waals surface area contributed by atoms with E-state index in [1.165, 1.54) is 35.1 Å². The summed E-state index contributed by atoms with van der Waals surface area (Å²) < 4.78 is 1.65. The number of fused-ring (bicyclic) bond motifs is 6. The van der Waals surface area contributed by atoms with E-state index in [1.54, 1.807) is 22.3 Å². The Morgan fingerprint density at radius 1 is 0.720 bits per heavy atom. The third-order valence-electron chi connectivity index (χ3n) is 5.57. The zero-order valence-corrected chi connectivity index (χ0v) is 19.5. The maximum absolute atomic E-state index is 2.52. The summed E-state index contributed by atoms with van der Waals surface area (Å²) in [6.07, 6.45) is 7.60. The van der Waals surface area contributed by atoms with E-state index >= 15 is 0 Å². The van der Waals surface area contributed by atoms with Crippen molar-refractivity contribution in [2.75, 3.05) is 0 Å². The van der Waals surface area contributed by atoms with E-state index < -0.39 is 22.9 Å². The molecule has 0 aromatic heterocycles. The van der Waals surface area contributed by atoms with Gasteiger partial charge in [-0.1, -0.05) is 0 Å². The van der Waals surface area contributed by atoms with Crippen molar-refractivity contribution in [3.63, 3.8) is 0 Å². The second-order valence-electron chi connectivity index (χ2n) is 7.24. The second-order valence-corrected chi connectivity index (χ2v) is 12.6. The standard InChI is InChI=1S/C22H20.2ClH.Hf/c1-15-3-7-19-11-17(13-21(19)9-15)5-6-18-12-20-8-4-16(2)10-22(20)14-18;;;/h3-4,7-14H,5-6H2,1-2H3;2*1H;/q;;;+2/p-2. The number of halogens is 2. The van der Waals surface area contributed by atoms with Crippen molar-refractivity contribution < 1.29 is 47.7 Å². The van der Waals surface area contributed by atoms with Gasteiger partial charge < -0.3 is 24.8 Å². The Hall–Kier alpha value is -0.630. The number of benzene rings is 2. The maximum atomic E-state index is 2.52. The fourth-order valence-corrected chi connectivity index (χ4v) is 11.9. The Morgan fingerprint density at radius 2 is 1.16 bits per heavy atom. The van der Waals surface area contributed by atoms with Crippen molar-refractivity contribution >= 4 is 12.2 Å². The van der Waals surface area contributed by atoms with E-state index in [-0.39, 0.29) is 24.8 Å². The average molecular weight is 534 g/mol. The molecule has 2 unspecified atom stereocenters. The van der Waals surface area contributed by atoms with Crippen LogP contribution in [0.25, 0.3) is 12.2 Å². The number of aryl methyl sites for hydroxylation is 2. The predicted octanol–water partition coefficient (Wildman–Crippen LogP) is -0.236. The summed E-state index contributed by atoms with van der Waals surface area (Å²) in [7, 11) is 0. The summed E-state index contributed by atoms with van der Waals surface area (Å²) in [5.74, 6) is 0. The van der Waals surface area contributed by atoms with Crippen LogP contribution in [-0.4, -0.2) is 0 Å². The number of hydrogen-bond donors (Lipinski definition) is 0. The van der Waals surface area contributed by atoms with Crippen LogP contribution < -0.4 is 24.8 Å². The minimum absolute atomic E-state index is 0. The molecule has 0 saturated carbocycles. The first-order chi connectivity index (χ1) is 11.2. The number of hydrogen-bond acceptors (Lipinski definition) is 0. The molecule has 2 atom stereocenters. The molecular weight excluding hydrogens is 514 g/mol. The van der Waals surface area contributed by atoms with Gasteiger partial charge >= 0.3 is 150 Å². The molecule has 2 aromatic carbocycles. The molecule has 1 heterocycles. The predicted molar refractivity (Wildman–Crippen MR) is 93.0 cm³/mol. The molecule has 126 valence electrons. The summed E-state index contributed by atoms with van der Waals surface area (Å²) >= 11 is -0.858. The van der Waals surface area contributed by atoms with E-state index in [1.807, 2.05) is 0 Å². The largest absolute Gasteiger partial charge is 1.00 e. The molecule has 0 N–H and O–H groups in total. The van der Waals surface area contributed by atoms with Crippen molar-refractivity contribution in [3.05, 3.63) is 80.9 Å². The molecule has 1 aliphatic heterocycles. The molecule has 0 spiro atoms. The van der Waals surface area contributed by atoms with Gasteiger partial charge in [-0.05, 0) is 0 Å². The van der Waals surface area contributed by atoms with Gasteiger partial charge in [0.25, 0.3) is 0 Å². The van der Waals surface area contributed by atoms with Gasteiger partial charge in [-0.3, -0.25) is 0 Å². The van der Waals surface area contributed by atoms with Gasteiger partial charge in [0.15, 0.2) is 0 Å². The van der Waals surface area contributed by atoms with E-state index in [2.05, 4.69) is 62.4 Å².